The SMILES string of the molecule is CCOC(=O)c1ccc(N2C(=O)C(Cl)=C(Nc3cccc(C(=O)Nc4ccc(N5CCC(C)CC5)cc4)c3)C2=O)cc1. The molecule has 2 aliphatic heterocycles. The Morgan fingerprint density at radius 1 is 0.881 bits per heavy atom. The molecule has 0 aromatic heterocycles. The maximum atomic E-state index is 13.2. The minimum absolute atomic E-state index is 0.114. The molecule has 9 nitrogen and oxygen atoms in total. The summed E-state index contributed by atoms with van der Waals surface area (Å²) in [4.78, 5) is 54.3. The molecule has 0 saturated carbocycles. The second kappa shape index (κ2) is 12.5. The van der Waals surface area contributed by atoms with Crippen LogP contribution in [0.15, 0.2) is 83.5 Å². The summed E-state index contributed by atoms with van der Waals surface area (Å²) in [5.41, 5.74) is 2.99. The molecular weight excluding hydrogens is 556 g/mol. The number of ether oxygens (including phenoxy) is 1. The molecule has 3 aromatic rings. The van der Waals surface area contributed by atoms with Crippen molar-refractivity contribution >= 4 is 58.0 Å². The van der Waals surface area contributed by atoms with Crippen molar-refractivity contribution in [3.8, 4) is 0 Å². The molecule has 42 heavy (non-hydrogen) atoms. The van der Waals surface area contributed by atoms with Crippen LogP contribution in [-0.2, 0) is 14.3 Å². The minimum Gasteiger partial charge on any atom is -0.462 e. The predicted molar refractivity (Wildman–Crippen MR) is 163 cm³/mol. The van der Waals surface area contributed by atoms with Crippen molar-refractivity contribution in [2.75, 3.05) is 40.1 Å². The van der Waals surface area contributed by atoms with E-state index in [-0.39, 0.29) is 28.9 Å². The molecule has 0 spiro atoms. The number of imide groups is 1. The van der Waals surface area contributed by atoms with Gasteiger partial charge in [-0.05, 0) is 92.4 Å². The van der Waals surface area contributed by atoms with Crippen LogP contribution in [0.1, 0.15) is 47.4 Å². The Balaban J connectivity index is 1.24. The molecule has 3 amide bonds. The molecule has 0 bridgehead atoms. The van der Waals surface area contributed by atoms with Crippen LogP contribution < -0.4 is 20.4 Å². The molecule has 1 saturated heterocycles. The average Bonchev–Trinajstić information content (AvgIpc) is 3.21. The predicted octanol–water partition coefficient (Wildman–Crippen LogP) is 5.79. The molecule has 2 heterocycles. The number of carbonyl (C=O) groups excluding carboxylic acids is 4. The largest absolute Gasteiger partial charge is 0.462 e. The van der Waals surface area contributed by atoms with Crippen molar-refractivity contribution in [1.29, 1.82) is 0 Å². The number of nitrogens with one attached hydrogen (secondary N) is 2. The quantitative estimate of drug-likeness (QED) is 0.254. The molecule has 3 aromatic carbocycles. The standard InChI is InChI=1S/C32H31ClN4O5/c1-3-42-32(41)21-7-11-26(12-8-21)37-30(39)27(33)28(31(37)40)34-24-6-4-5-22(19-24)29(38)35-23-9-13-25(14-10-23)36-17-15-20(2)16-18-36/h4-14,19-20,34H,3,15-18H2,1-2H3,(H,35,38). The monoisotopic (exact) mass is 586 g/mol. The summed E-state index contributed by atoms with van der Waals surface area (Å²) < 4.78 is 4.97. The van der Waals surface area contributed by atoms with Gasteiger partial charge in [0.15, 0.2) is 0 Å². The van der Waals surface area contributed by atoms with Gasteiger partial charge in [-0.25, -0.2) is 9.69 Å². The second-order valence-corrected chi connectivity index (χ2v) is 10.7. The van der Waals surface area contributed by atoms with Crippen molar-refractivity contribution in [3.05, 3.63) is 94.7 Å². The van der Waals surface area contributed by atoms with Crippen molar-refractivity contribution < 1.29 is 23.9 Å². The lowest BCUT2D eigenvalue weighted by Crippen LogP contribution is -2.32. The summed E-state index contributed by atoms with van der Waals surface area (Å²) >= 11 is 6.27. The van der Waals surface area contributed by atoms with Gasteiger partial charge in [0.1, 0.15) is 10.7 Å². The number of hydrogen-bond donors (Lipinski definition) is 2. The summed E-state index contributed by atoms with van der Waals surface area (Å²) in [5.74, 6) is -1.44. The third kappa shape index (κ3) is 6.16. The van der Waals surface area contributed by atoms with Crippen molar-refractivity contribution in [2.24, 2.45) is 5.92 Å². The Morgan fingerprint density at radius 3 is 2.21 bits per heavy atom. The maximum absolute atomic E-state index is 13.2. The lowest BCUT2D eigenvalue weighted by atomic mass is 9.99. The second-order valence-electron chi connectivity index (χ2n) is 10.3. The van der Waals surface area contributed by atoms with Crippen LogP contribution >= 0.6 is 11.6 Å². The normalized spacial score (nSPS) is 15.7. The van der Waals surface area contributed by atoms with E-state index < -0.39 is 17.8 Å². The number of piperidine rings is 1. The Bertz CT molecular complexity index is 1540. The van der Waals surface area contributed by atoms with Crippen LogP contribution in [0.4, 0.5) is 22.7 Å². The van der Waals surface area contributed by atoms with Crippen LogP contribution in [0.2, 0.25) is 0 Å². The van der Waals surface area contributed by atoms with Gasteiger partial charge in [-0.2, -0.15) is 0 Å². The smallest absolute Gasteiger partial charge is 0.338 e. The summed E-state index contributed by atoms with van der Waals surface area (Å²) in [5, 5.41) is 5.52. The van der Waals surface area contributed by atoms with E-state index in [9.17, 15) is 19.2 Å². The topological polar surface area (TPSA) is 108 Å². The third-order valence-corrected chi connectivity index (χ3v) is 7.68. The van der Waals surface area contributed by atoms with Crippen LogP contribution in [-0.4, -0.2) is 43.4 Å². The van der Waals surface area contributed by atoms with Gasteiger partial charge in [0, 0.05) is 35.7 Å². The highest BCUT2D eigenvalue weighted by atomic mass is 35.5. The number of halogens is 1. The summed E-state index contributed by atoms with van der Waals surface area (Å²) in [6.07, 6.45) is 2.35. The first-order valence-electron chi connectivity index (χ1n) is 13.8. The van der Waals surface area contributed by atoms with Gasteiger partial charge in [-0.3, -0.25) is 14.4 Å². The molecular formula is C32H31ClN4O5. The van der Waals surface area contributed by atoms with Crippen LogP contribution in [0.25, 0.3) is 0 Å². The Labute approximate surface area is 249 Å². The fourth-order valence-corrected chi connectivity index (χ4v) is 5.13. The van der Waals surface area contributed by atoms with Gasteiger partial charge in [0.05, 0.1) is 17.9 Å². The van der Waals surface area contributed by atoms with Gasteiger partial charge in [0.25, 0.3) is 17.7 Å². The number of benzene rings is 3. The molecule has 2 N–H and O–H groups in total. The highest BCUT2D eigenvalue weighted by Gasteiger charge is 2.39. The number of amides is 3. The Kier molecular flexibility index (Phi) is 8.59. The Hall–Kier alpha value is -4.63. The van der Waals surface area contributed by atoms with Gasteiger partial charge < -0.3 is 20.3 Å². The molecule has 2 aliphatic rings. The molecule has 1 fully saturated rings. The van der Waals surface area contributed by atoms with Crippen LogP contribution in [0.3, 0.4) is 0 Å². The number of anilines is 4. The molecule has 0 unspecified atom stereocenters. The average molecular weight is 587 g/mol. The van der Waals surface area contributed by atoms with E-state index in [0.717, 1.165) is 29.6 Å². The number of hydrogen-bond acceptors (Lipinski definition) is 7. The Morgan fingerprint density at radius 2 is 1.55 bits per heavy atom. The van der Waals surface area contributed by atoms with Gasteiger partial charge in [-0.15, -0.1) is 0 Å². The van der Waals surface area contributed by atoms with Crippen molar-refractivity contribution in [1.82, 2.24) is 0 Å². The first kappa shape index (κ1) is 28.9. The summed E-state index contributed by atoms with van der Waals surface area (Å²) in [6.45, 7) is 6.27. The molecule has 0 radical (unpaired) electrons. The molecule has 5 rings (SSSR count). The molecule has 10 heteroatoms. The highest BCUT2D eigenvalue weighted by molar-refractivity contribution is 6.53. The first-order chi connectivity index (χ1) is 20.2. The maximum Gasteiger partial charge on any atom is 0.338 e. The number of rotatable bonds is 8. The van der Waals surface area contributed by atoms with Gasteiger partial charge >= 0.3 is 5.97 Å². The van der Waals surface area contributed by atoms with E-state index in [4.69, 9.17) is 16.3 Å². The zero-order chi connectivity index (χ0) is 29.8. The van der Waals surface area contributed by atoms with E-state index in [1.165, 1.54) is 37.1 Å². The first-order valence-corrected chi connectivity index (χ1v) is 14.2. The zero-order valence-corrected chi connectivity index (χ0v) is 24.1. The van der Waals surface area contributed by atoms with Crippen molar-refractivity contribution in [3.63, 3.8) is 0 Å². The third-order valence-electron chi connectivity index (χ3n) is 7.33. The minimum atomic E-state index is -0.704. The van der Waals surface area contributed by atoms with Crippen molar-refractivity contribution in [2.45, 2.75) is 26.7 Å². The van der Waals surface area contributed by atoms with Crippen LogP contribution in [0.5, 0.6) is 0 Å². The fraction of sp³-hybridized carbons (Fsp3) is 0.250. The lowest BCUT2D eigenvalue weighted by molar-refractivity contribution is -0.120. The van der Waals surface area contributed by atoms with E-state index in [1.807, 2.05) is 24.3 Å². The molecule has 0 atom stereocenters. The number of nitrogens with zero attached hydrogens (tertiary/aromatic N) is 2. The van der Waals surface area contributed by atoms with E-state index in [2.05, 4.69) is 22.5 Å². The summed E-state index contributed by atoms with van der Waals surface area (Å²) in [7, 11) is 0. The lowest BCUT2D eigenvalue weighted by Gasteiger charge is -2.32. The fourth-order valence-electron chi connectivity index (χ4n) is 4.92. The molecule has 0 aliphatic carbocycles. The van der Waals surface area contributed by atoms with Gasteiger partial charge in [-0.1, -0.05) is 24.6 Å². The zero-order valence-electron chi connectivity index (χ0n) is 23.4. The van der Waals surface area contributed by atoms with E-state index >= 15 is 0 Å². The van der Waals surface area contributed by atoms with Crippen LogP contribution in [0, 0.1) is 5.92 Å². The van der Waals surface area contributed by atoms with E-state index in [0.29, 0.717) is 22.5 Å². The highest BCUT2D eigenvalue weighted by Crippen LogP contribution is 2.31. The summed E-state index contributed by atoms with van der Waals surface area (Å²) in [6, 6.07) is 20.2. The number of carbonyl (C=O) groups is 4. The molecule has 216 valence electrons. The number of esters is 1. The van der Waals surface area contributed by atoms with E-state index in [1.54, 1.807) is 31.2 Å². The van der Waals surface area contributed by atoms with Gasteiger partial charge in [0.2, 0.25) is 0 Å².